The summed E-state index contributed by atoms with van der Waals surface area (Å²) < 4.78 is 18.2. The van der Waals surface area contributed by atoms with Gasteiger partial charge in [0, 0.05) is 23.3 Å². The van der Waals surface area contributed by atoms with Crippen LogP contribution in [0.4, 0.5) is 0 Å². The van der Waals surface area contributed by atoms with Gasteiger partial charge < -0.3 is 19.3 Å². The van der Waals surface area contributed by atoms with E-state index in [4.69, 9.17) is 14.2 Å². The molecule has 0 aromatic carbocycles. The molecule has 2 saturated heterocycles. The van der Waals surface area contributed by atoms with Crippen molar-refractivity contribution in [3.63, 3.8) is 0 Å². The number of rotatable bonds is 2. The van der Waals surface area contributed by atoms with Gasteiger partial charge in [-0.05, 0) is 20.3 Å². The van der Waals surface area contributed by atoms with Crippen molar-refractivity contribution in [2.45, 2.75) is 70.6 Å². The molecule has 2 aliphatic carbocycles. The van der Waals surface area contributed by atoms with Gasteiger partial charge in [-0.3, -0.25) is 0 Å². The lowest BCUT2D eigenvalue weighted by Crippen LogP contribution is -2.76. The second kappa shape index (κ2) is 4.93. The van der Waals surface area contributed by atoms with Gasteiger partial charge in [-0.2, -0.15) is 0 Å². The van der Waals surface area contributed by atoms with Crippen LogP contribution in [-0.2, 0) is 19.0 Å². The first-order valence-electron chi connectivity index (χ1n) is 8.77. The summed E-state index contributed by atoms with van der Waals surface area (Å²) in [4.78, 5) is 12.1. The zero-order valence-corrected chi connectivity index (χ0v) is 14.7. The zero-order valence-electron chi connectivity index (χ0n) is 14.7. The molecule has 4 rings (SSSR count). The van der Waals surface area contributed by atoms with E-state index in [0.717, 1.165) is 6.42 Å². The highest BCUT2D eigenvalue weighted by atomic mass is 16.6. The van der Waals surface area contributed by atoms with Crippen molar-refractivity contribution in [3.05, 3.63) is 23.8 Å². The third-order valence-corrected chi connectivity index (χ3v) is 7.20. The quantitative estimate of drug-likeness (QED) is 0.476. The highest BCUT2D eigenvalue weighted by molar-refractivity contribution is 5.82. The Morgan fingerprint density at radius 2 is 2.17 bits per heavy atom. The van der Waals surface area contributed by atoms with Crippen molar-refractivity contribution < 1.29 is 24.1 Å². The summed E-state index contributed by atoms with van der Waals surface area (Å²) in [7, 11) is 0. The molecule has 0 spiro atoms. The highest BCUT2D eigenvalue weighted by Crippen LogP contribution is 2.69. The van der Waals surface area contributed by atoms with E-state index in [9.17, 15) is 9.90 Å². The summed E-state index contributed by atoms with van der Waals surface area (Å²) in [6.45, 7) is 8.28. The molecule has 4 bridgehead atoms. The average molecular weight is 334 g/mol. The largest absolute Gasteiger partial charge is 0.458 e. The molecule has 0 aromatic rings. The van der Waals surface area contributed by atoms with Crippen LogP contribution in [0.1, 0.15) is 40.5 Å². The number of hydrogen-bond acceptors (Lipinski definition) is 5. The Kier molecular flexibility index (Phi) is 3.35. The minimum Gasteiger partial charge on any atom is -0.458 e. The number of esters is 1. The lowest BCUT2D eigenvalue weighted by molar-refractivity contribution is -0.352. The van der Waals surface area contributed by atoms with Gasteiger partial charge in [0.25, 0.3) is 0 Å². The van der Waals surface area contributed by atoms with Gasteiger partial charge >= 0.3 is 5.97 Å². The van der Waals surface area contributed by atoms with Gasteiger partial charge in [-0.1, -0.05) is 31.6 Å². The molecular formula is C19H26O5. The molecule has 24 heavy (non-hydrogen) atoms. The minimum atomic E-state index is -1.13. The third kappa shape index (κ3) is 1.68. The van der Waals surface area contributed by atoms with Gasteiger partial charge in [-0.15, -0.1) is 0 Å². The summed E-state index contributed by atoms with van der Waals surface area (Å²) in [5.74, 6) is -0.362. The summed E-state index contributed by atoms with van der Waals surface area (Å²) in [6.07, 6.45) is 5.65. The van der Waals surface area contributed by atoms with Gasteiger partial charge in [0.1, 0.15) is 11.7 Å². The van der Waals surface area contributed by atoms with Crippen LogP contribution in [0.3, 0.4) is 0 Å². The summed E-state index contributed by atoms with van der Waals surface area (Å²) in [6, 6.07) is 0. The molecular weight excluding hydrogens is 308 g/mol. The van der Waals surface area contributed by atoms with Crippen LogP contribution in [0.15, 0.2) is 23.8 Å². The standard InChI is InChI=1S/C19H26O5/c1-5-6-16(20)24-14-9-15-19(21)10-22-12-7-11(2)8-13(23-15)17(12,3)18(14,19)4/h5-6,8,12-15,21H,7,9-10H2,1-4H3/t12-,13-,14-,15-,17+,18-,19+/m1/s1. The molecule has 7 atom stereocenters. The fourth-order valence-corrected chi connectivity index (χ4v) is 5.58. The maximum atomic E-state index is 12.1. The van der Waals surface area contributed by atoms with Gasteiger partial charge in [0.2, 0.25) is 0 Å². The van der Waals surface area contributed by atoms with Crippen LogP contribution in [0, 0.1) is 10.8 Å². The van der Waals surface area contributed by atoms with E-state index < -0.39 is 16.4 Å². The van der Waals surface area contributed by atoms with Crippen LogP contribution < -0.4 is 0 Å². The molecule has 5 nitrogen and oxygen atoms in total. The molecule has 1 saturated carbocycles. The van der Waals surface area contributed by atoms with Crippen molar-refractivity contribution in [1.29, 1.82) is 0 Å². The Labute approximate surface area is 142 Å². The van der Waals surface area contributed by atoms with Gasteiger partial charge in [0.05, 0.1) is 24.9 Å². The Morgan fingerprint density at radius 3 is 2.88 bits per heavy atom. The summed E-state index contributed by atoms with van der Waals surface area (Å²) >= 11 is 0. The number of aliphatic hydroxyl groups is 1. The summed E-state index contributed by atoms with van der Waals surface area (Å²) in [5, 5.41) is 11.5. The van der Waals surface area contributed by atoms with Crippen molar-refractivity contribution in [1.82, 2.24) is 0 Å². The van der Waals surface area contributed by atoms with Crippen LogP contribution in [0.25, 0.3) is 0 Å². The molecule has 0 unspecified atom stereocenters. The Hall–Kier alpha value is -1.17. The third-order valence-electron chi connectivity index (χ3n) is 7.20. The van der Waals surface area contributed by atoms with Gasteiger partial charge in [-0.25, -0.2) is 4.79 Å². The van der Waals surface area contributed by atoms with E-state index in [1.165, 1.54) is 11.6 Å². The molecule has 0 aromatic heterocycles. The van der Waals surface area contributed by atoms with Crippen LogP contribution >= 0.6 is 0 Å². The fraction of sp³-hybridized carbons (Fsp3) is 0.737. The Morgan fingerprint density at radius 1 is 1.42 bits per heavy atom. The van der Waals surface area contributed by atoms with E-state index in [0.29, 0.717) is 6.42 Å². The fourth-order valence-electron chi connectivity index (χ4n) is 5.58. The topological polar surface area (TPSA) is 65.0 Å². The maximum Gasteiger partial charge on any atom is 0.330 e. The second-order valence-electron chi connectivity index (χ2n) is 8.13. The van der Waals surface area contributed by atoms with Crippen molar-refractivity contribution in [2.75, 3.05) is 6.61 Å². The van der Waals surface area contributed by atoms with E-state index in [2.05, 4.69) is 26.8 Å². The number of carbonyl (C=O) groups excluding carboxylic acids is 1. The maximum absolute atomic E-state index is 12.1. The van der Waals surface area contributed by atoms with Gasteiger partial charge in [0.15, 0.2) is 0 Å². The van der Waals surface area contributed by atoms with Crippen molar-refractivity contribution in [2.24, 2.45) is 10.8 Å². The smallest absolute Gasteiger partial charge is 0.330 e. The molecule has 1 N–H and O–H groups in total. The first-order chi connectivity index (χ1) is 11.3. The van der Waals surface area contributed by atoms with E-state index in [1.54, 1.807) is 13.0 Å². The monoisotopic (exact) mass is 334 g/mol. The normalized spacial score (nSPS) is 52.3. The number of allylic oxidation sites excluding steroid dienone is 1. The molecule has 132 valence electrons. The SMILES string of the molecule is CC=CC(=O)O[C@@H]1C[C@H]2O[C@@H]3C=C(C)C[C@H]4OC[C@@]2(O)[C@@]1(C)[C@]34C. The van der Waals surface area contributed by atoms with E-state index in [1.807, 2.05) is 0 Å². The lowest BCUT2D eigenvalue weighted by atomic mass is 9.48. The van der Waals surface area contributed by atoms with Crippen molar-refractivity contribution >= 4 is 5.97 Å². The zero-order chi connectivity index (χ0) is 17.3. The molecule has 2 aliphatic heterocycles. The van der Waals surface area contributed by atoms with E-state index in [-0.39, 0.29) is 37.0 Å². The molecule has 0 radical (unpaired) electrons. The van der Waals surface area contributed by atoms with Crippen LogP contribution in [0.5, 0.6) is 0 Å². The van der Waals surface area contributed by atoms with Crippen LogP contribution in [0.2, 0.25) is 0 Å². The second-order valence-corrected chi connectivity index (χ2v) is 8.13. The predicted molar refractivity (Wildman–Crippen MR) is 87.2 cm³/mol. The summed E-state index contributed by atoms with van der Waals surface area (Å²) in [5.41, 5.74) is -0.923. The van der Waals surface area contributed by atoms with Crippen molar-refractivity contribution in [3.8, 4) is 0 Å². The Bertz CT molecular complexity index is 640. The number of carbonyl (C=O) groups is 1. The van der Waals surface area contributed by atoms with E-state index >= 15 is 0 Å². The molecule has 2 heterocycles. The highest BCUT2D eigenvalue weighted by Gasteiger charge is 2.80. The molecule has 5 heteroatoms. The van der Waals surface area contributed by atoms with Crippen LogP contribution in [-0.4, -0.2) is 47.7 Å². The first-order valence-corrected chi connectivity index (χ1v) is 8.77. The minimum absolute atomic E-state index is 0.0419. The first kappa shape index (κ1) is 16.3. The molecule has 0 amide bonds. The average Bonchev–Trinajstić information content (AvgIpc) is 2.66. The molecule has 4 aliphatic rings. The number of ether oxygens (including phenoxy) is 3. The Balaban J connectivity index is 1.81. The number of hydrogen-bond donors (Lipinski definition) is 1. The molecule has 3 fully saturated rings. The lowest BCUT2D eigenvalue weighted by Gasteiger charge is -2.66. The predicted octanol–water partition coefficient (Wildman–Crippen LogP) is 2.14.